The Morgan fingerprint density at radius 3 is 2.35 bits per heavy atom. The van der Waals surface area contributed by atoms with Gasteiger partial charge in [0, 0.05) is 50.4 Å². The van der Waals surface area contributed by atoms with Gasteiger partial charge in [0.05, 0.1) is 19.1 Å². The fourth-order valence-corrected chi connectivity index (χ4v) is 6.23. The molecule has 0 aliphatic carbocycles. The number of hydrogen-bond acceptors (Lipinski definition) is 6. The Morgan fingerprint density at radius 2 is 1.68 bits per heavy atom. The molecule has 8 nitrogen and oxygen atoms in total. The first-order valence-electron chi connectivity index (χ1n) is 11.7. The molecule has 2 fully saturated rings. The van der Waals surface area contributed by atoms with Crippen LogP contribution in [0, 0.1) is 11.8 Å². The standard InChI is InChI=1S/C25H33N3O5S/c1-32-23-9-8-22(16-24(23)33-2)34(30,31)28-14-11-20(12-15-28)25(29)26-17-19-10-13-27(18-19)21-6-4-3-5-7-21/h3-9,16,19-20H,10-15,17-18H2,1-2H3,(H,26,29). The van der Waals surface area contributed by atoms with E-state index in [1.807, 2.05) is 18.2 Å². The summed E-state index contributed by atoms with van der Waals surface area (Å²) < 4.78 is 38.1. The van der Waals surface area contributed by atoms with Gasteiger partial charge >= 0.3 is 0 Å². The molecule has 1 atom stereocenters. The Balaban J connectivity index is 1.27. The summed E-state index contributed by atoms with van der Waals surface area (Å²) in [6, 6.07) is 14.9. The Kier molecular flexibility index (Phi) is 7.63. The van der Waals surface area contributed by atoms with Crippen LogP contribution in [-0.2, 0) is 14.8 Å². The zero-order valence-electron chi connectivity index (χ0n) is 19.8. The molecular formula is C25H33N3O5S. The fourth-order valence-electron chi connectivity index (χ4n) is 4.75. The van der Waals surface area contributed by atoms with Gasteiger partial charge in [0.1, 0.15) is 0 Å². The predicted octanol–water partition coefficient (Wildman–Crippen LogP) is 2.75. The monoisotopic (exact) mass is 487 g/mol. The van der Waals surface area contributed by atoms with Crippen molar-refractivity contribution >= 4 is 21.6 Å². The topological polar surface area (TPSA) is 88.2 Å². The molecule has 1 unspecified atom stereocenters. The molecule has 2 aromatic rings. The number of carbonyl (C=O) groups is 1. The maximum Gasteiger partial charge on any atom is 0.243 e. The van der Waals surface area contributed by atoms with Crippen LogP contribution < -0.4 is 19.7 Å². The van der Waals surface area contributed by atoms with Gasteiger partial charge in [0.15, 0.2) is 11.5 Å². The lowest BCUT2D eigenvalue weighted by molar-refractivity contribution is -0.126. The summed E-state index contributed by atoms with van der Waals surface area (Å²) >= 11 is 0. The minimum absolute atomic E-state index is 0.0290. The van der Waals surface area contributed by atoms with Crippen LogP contribution in [0.2, 0.25) is 0 Å². The van der Waals surface area contributed by atoms with Crippen molar-refractivity contribution in [3.8, 4) is 11.5 Å². The second-order valence-corrected chi connectivity index (χ2v) is 10.8. The van der Waals surface area contributed by atoms with Crippen LogP contribution in [0.4, 0.5) is 5.69 Å². The van der Waals surface area contributed by atoms with Crippen molar-refractivity contribution in [1.82, 2.24) is 9.62 Å². The summed E-state index contributed by atoms with van der Waals surface area (Å²) in [6.45, 7) is 3.23. The first-order chi connectivity index (χ1) is 16.4. The fraction of sp³-hybridized carbons (Fsp3) is 0.480. The van der Waals surface area contributed by atoms with Crippen molar-refractivity contribution in [2.75, 3.05) is 51.8 Å². The van der Waals surface area contributed by atoms with Crippen LogP contribution in [0.3, 0.4) is 0 Å². The highest BCUT2D eigenvalue weighted by Gasteiger charge is 2.33. The number of sulfonamides is 1. The molecule has 184 valence electrons. The second-order valence-electron chi connectivity index (χ2n) is 8.88. The number of rotatable bonds is 8. The smallest absolute Gasteiger partial charge is 0.243 e. The molecule has 9 heteroatoms. The van der Waals surface area contributed by atoms with Crippen LogP contribution in [0.25, 0.3) is 0 Å². The van der Waals surface area contributed by atoms with Crippen molar-refractivity contribution in [3.05, 3.63) is 48.5 Å². The molecule has 2 aromatic carbocycles. The molecule has 0 saturated carbocycles. The van der Waals surface area contributed by atoms with Crippen LogP contribution in [0.1, 0.15) is 19.3 Å². The van der Waals surface area contributed by atoms with E-state index in [0.29, 0.717) is 49.9 Å². The van der Waals surface area contributed by atoms with Gasteiger partial charge in [-0.2, -0.15) is 4.31 Å². The molecule has 1 amide bonds. The summed E-state index contributed by atoms with van der Waals surface area (Å²) in [5, 5.41) is 3.12. The largest absolute Gasteiger partial charge is 0.493 e. The lowest BCUT2D eigenvalue weighted by Gasteiger charge is -2.31. The number of piperidine rings is 1. The van der Waals surface area contributed by atoms with Gasteiger partial charge in [-0.25, -0.2) is 8.42 Å². The zero-order valence-corrected chi connectivity index (χ0v) is 20.6. The minimum atomic E-state index is -3.67. The van der Waals surface area contributed by atoms with Gasteiger partial charge in [0.2, 0.25) is 15.9 Å². The number of ether oxygens (including phenoxy) is 2. The summed E-state index contributed by atoms with van der Waals surface area (Å²) in [6.07, 6.45) is 2.08. The van der Waals surface area contributed by atoms with E-state index < -0.39 is 10.0 Å². The molecule has 0 spiro atoms. The maximum atomic E-state index is 13.1. The molecule has 0 radical (unpaired) electrons. The van der Waals surface area contributed by atoms with Crippen LogP contribution >= 0.6 is 0 Å². The molecule has 34 heavy (non-hydrogen) atoms. The van der Waals surface area contributed by atoms with Crippen molar-refractivity contribution in [1.29, 1.82) is 0 Å². The molecule has 0 bridgehead atoms. The summed E-state index contributed by atoms with van der Waals surface area (Å²) in [5.74, 6) is 1.14. The molecule has 2 aliphatic heterocycles. The molecule has 1 N–H and O–H groups in total. The Labute approximate surface area is 201 Å². The van der Waals surface area contributed by atoms with Crippen LogP contribution in [0.15, 0.2) is 53.4 Å². The highest BCUT2D eigenvalue weighted by Crippen LogP contribution is 2.32. The number of hydrogen-bond donors (Lipinski definition) is 1. The number of nitrogens with one attached hydrogen (secondary N) is 1. The number of carbonyl (C=O) groups excluding carboxylic acids is 1. The van der Waals surface area contributed by atoms with E-state index in [1.165, 1.54) is 36.3 Å². The van der Waals surface area contributed by atoms with Gasteiger partial charge in [0.25, 0.3) is 0 Å². The van der Waals surface area contributed by atoms with Gasteiger partial charge < -0.3 is 19.7 Å². The van der Waals surface area contributed by atoms with E-state index in [-0.39, 0.29) is 16.7 Å². The number of amides is 1. The Bertz CT molecular complexity index is 1080. The van der Waals surface area contributed by atoms with E-state index in [2.05, 4.69) is 22.3 Å². The lowest BCUT2D eigenvalue weighted by Crippen LogP contribution is -2.43. The van der Waals surface area contributed by atoms with E-state index in [9.17, 15) is 13.2 Å². The minimum Gasteiger partial charge on any atom is -0.493 e. The highest BCUT2D eigenvalue weighted by atomic mass is 32.2. The van der Waals surface area contributed by atoms with Crippen molar-refractivity contribution < 1.29 is 22.7 Å². The third-order valence-electron chi connectivity index (χ3n) is 6.79. The molecule has 4 rings (SSSR count). The SMILES string of the molecule is COc1ccc(S(=O)(=O)N2CCC(C(=O)NCC3CCN(c4ccccc4)C3)CC2)cc1OC. The van der Waals surface area contributed by atoms with Gasteiger partial charge in [-0.15, -0.1) is 0 Å². The van der Waals surface area contributed by atoms with Gasteiger partial charge in [-0.1, -0.05) is 18.2 Å². The predicted molar refractivity (Wildman–Crippen MR) is 131 cm³/mol. The summed E-state index contributed by atoms with van der Waals surface area (Å²) in [5.41, 5.74) is 1.22. The average molecular weight is 488 g/mol. The highest BCUT2D eigenvalue weighted by molar-refractivity contribution is 7.89. The van der Waals surface area contributed by atoms with Crippen molar-refractivity contribution in [2.45, 2.75) is 24.2 Å². The number of anilines is 1. The van der Waals surface area contributed by atoms with E-state index in [0.717, 1.165) is 19.5 Å². The normalized spacial score (nSPS) is 19.7. The molecule has 2 heterocycles. The maximum absolute atomic E-state index is 13.1. The lowest BCUT2D eigenvalue weighted by atomic mass is 9.97. The zero-order chi connectivity index (χ0) is 24.1. The van der Waals surface area contributed by atoms with Crippen LogP contribution in [-0.4, -0.2) is 65.6 Å². The molecule has 2 saturated heterocycles. The summed E-state index contributed by atoms with van der Waals surface area (Å²) in [7, 11) is -0.683. The quantitative estimate of drug-likeness (QED) is 0.616. The van der Waals surface area contributed by atoms with E-state index in [1.54, 1.807) is 6.07 Å². The number of benzene rings is 2. The summed E-state index contributed by atoms with van der Waals surface area (Å²) in [4.78, 5) is 15.3. The first kappa shape index (κ1) is 24.3. The number of methoxy groups -OCH3 is 2. The third-order valence-corrected chi connectivity index (χ3v) is 8.68. The van der Waals surface area contributed by atoms with Crippen molar-refractivity contribution in [2.24, 2.45) is 11.8 Å². The average Bonchev–Trinajstić information content (AvgIpc) is 3.36. The Morgan fingerprint density at radius 1 is 0.971 bits per heavy atom. The molecule has 2 aliphatic rings. The van der Waals surface area contributed by atoms with Crippen LogP contribution in [0.5, 0.6) is 11.5 Å². The van der Waals surface area contributed by atoms with Gasteiger partial charge in [-0.3, -0.25) is 4.79 Å². The number of para-hydroxylation sites is 1. The van der Waals surface area contributed by atoms with Crippen molar-refractivity contribution in [3.63, 3.8) is 0 Å². The van der Waals surface area contributed by atoms with E-state index >= 15 is 0 Å². The number of nitrogens with zero attached hydrogens (tertiary/aromatic N) is 2. The molecule has 0 aromatic heterocycles. The first-order valence-corrected chi connectivity index (χ1v) is 13.2. The molecular weight excluding hydrogens is 454 g/mol. The van der Waals surface area contributed by atoms with E-state index in [4.69, 9.17) is 9.47 Å². The third kappa shape index (κ3) is 5.31. The van der Waals surface area contributed by atoms with Gasteiger partial charge in [-0.05, 0) is 49.4 Å². The second kappa shape index (κ2) is 10.7. The Hall–Kier alpha value is -2.78.